The van der Waals surface area contributed by atoms with E-state index < -0.39 is 0 Å². The van der Waals surface area contributed by atoms with Crippen LogP contribution in [0.5, 0.6) is 0 Å². The molecule has 0 aliphatic carbocycles. The summed E-state index contributed by atoms with van der Waals surface area (Å²) >= 11 is 1.74. The van der Waals surface area contributed by atoms with Crippen molar-refractivity contribution in [3.8, 4) is 0 Å². The van der Waals surface area contributed by atoms with Gasteiger partial charge in [-0.15, -0.1) is 0 Å². The largest absolute Gasteiger partial charge is 0.468 e. The van der Waals surface area contributed by atoms with Gasteiger partial charge >= 0.3 is 0 Å². The third-order valence-corrected chi connectivity index (χ3v) is 3.61. The van der Waals surface area contributed by atoms with Crippen molar-refractivity contribution in [1.82, 2.24) is 10.2 Å². The predicted molar refractivity (Wildman–Crippen MR) is 80.2 cm³/mol. The van der Waals surface area contributed by atoms with E-state index >= 15 is 0 Å². The summed E-state index contributed by atoms with van der Waals surface area (Å²) in [4.78, 5) is 2.26. The normalized spacial score (nSPS) is 11.6. The number of nitrogens with one attached hydrogen (secondary N) is 1. The van der Waals surface area contributed by atoms with E-state index in [4.69, 9.17) is 4.42 Å². The quantitative estimate of drug-likeness (QED) is 0.840. The predicted octanol–water partition coefficient (Wildman–Crippen LogP) is 3.47. The summed E-state index contributed by atoms with van der Waals surface area (Å²) in [6.45, 7) is 6.97. The van der Waals surface area contributed by atoms with Crippen molar-refractivity contribution in [1.29, 1.82) is 0 Å². The maximum absolute atomic E-state index is 5.61. The monoisotopic (exact) mass is 278 g/mol. The second-order valence-corrected chi connectivity index (χ2v) is 6.04. The number of thiophene rings is 1. The molecule has 3 nitrogen and oxygen atoms in total. The summed E-state index contributed by atoms with van der Waals surface area (Å²) in [6.07, 6.45) is 1.85. The topological polar surface area (TPSA) is 28.4 Å². The lowest BCUT2D eigenvalue weighted by molar-refractivity contribution is 0.288. The molecule has 2 heterocycles. The molecule has 2 rings (SSSR count). The first-order valence-electron chi connectivity index (χ1n) is 6.63. The molecule has 0 unspecified atom stereocenters. The Morgan fingerprint density at radius 3 is 2.84 bits per heavy atom. The van der Waals surface area contributed by atoms with Crippen molar-refractivity contribution in [2.45, 2.75) is 39.5 Å². The van der Waals surface area contributed by atoms with Gasteiger partial charge in [0, 0.05) is 24.7 Å². The van der Waals surface area contributed by atoms with Gasteiger partial charge in [0.15, 0.2) is 0 Å². The highest BCUT2D eigenvalue weighted by molar-refractivity contribution is 7.07. The Bertz CT molecular complexity index is 476. The van der Waals surface area contributed by atoms with Crippen molar-refractivity contribution >= 4 is 11.3 Å². The van der Waals surface area contributed by atoms with Crippen LogP contribution in [0.1, 0.15) is 30.7 Å². The maximum atomic E-state index is 5.61. The molecule has 0 saturated carbocycles. The second-order valence-electron chi connectivity index (χ2n) is 5.26. The fourth-order valence-electron chi connectivity index (χ4n) is 1.94. The van der Waals surface area contributed by atoms with Crippen LogP contribution >= 0.6 is 11.3 Å². The summed E-state index contributed by atoms with van der Waals surface area (Å²) in [7, 11) is 2.12. The molecular weight excluding hydrogens is 256 g/mol. The van der Waals surface area contributed by atoms with Crippen molar-refractivity contribution < 1.29 is 4.42 Å². The molecule has 0 aliphatic rings. The molecule has 4 heteroatoms. The first-order chi connectivity index (χ1) is 9.13. The molecule has 0 radical (unpaired) electrons. The molecule has 0 amide bonds. The van der Waals surface area contributed by atoms with Gasteiger partial charge < -0.3 is 9.73 Å². The van der Waals surface area contributed by atoms with Crippen LogP contribution in [0.3, 0.4) is 0 Å². The molecule has 0 aromatic carbocycles. The SMILES string of the molecule is CC(C)NCc1coc(CN(C)Cc2ccsc2)c1. The van der Waals surface area contributed by atoms with Crippen molar-refractivity contribution in [2.24, 2.45) is 0 Å². The third kappa shape index (κ3) is 4.82. The van der Waals surface area contributed by atoms with E-state index in [-0.39, 0.29) is 0 Å². The average Bonchev–Trinajstić information content (AvgIpc) is 2.98. The number of rotatable bonds is 7. The minimum absolute atomic E-state index is 0.500. The van der Waals surface area contributed by atoms with Crippen LogP contribution < -0.4 is 5.32 Å². The highest BCUT2D eigenvalue weighted by atomic mass is 32.1. The lowest BCUT2D eigenvalue weighted by Gasteiger charge is -2.13. The molecule has 0 atom stereocenters. The summed E-state index contributed by atoms with van der Waals surface area (Å²) in [6, 6.07) is 4.81. The van der Waals surface area contributed by atoms with Gasteiger partial charge in [0.2, 0.25) is 0 Å². The van der Waals surface area contributed by atoms with Crippen LogP contribution in [0.2, 0.25) is 0 Å². The van der Waals surface area contributed by atoms with Crippen LogP contribution in [0.25, 0.3) is 0 Å². The Kier molecular flexibility index (Phi) is 5.19. The zero-order valence-electron chi connectivity index (χ0n) is 11.8. The van der Waals surface area contributed by atoms with Crippen LogP contribution in [-0.4, -0.2) is 18.0 Å². The molecular formula is C15H22N2OS. The van der Waals surface area contributed by atoms with Gasteiger partial charge in [-0.1, -0.05) is 13.8 Å². The standard InChI is InChI=1S/C15H22N2OS/c1-12(2)16-7-14-6-15(18-10-14)9-17(3)8-13-4-5-19-11-13/h4-6,10-12,16H,7-9H2,1-3H3. The minimum Gasteiger partial charge on any atom is -0.468 e. The molecule has 0 fully saturated rings. The van der Waals surface area contributed by atoms with Gasteiger partial charge in [0.05, 0.1) is 12.8 Å². The second kappa shape index (κ2) is 6.89. The smallest absolute Gasteiger partial charge is 0.118 e. The molecule has 1 N–H and O–H groups in total. The van der Waals surface area contributed by atoms with Crippen LogP contribution in [0.15, 0.2) is 33.6 Å². The highest BCUT2D eigenvalue weighted by Crippen LogP contribution is 2.13. The molecule has 0 saturated heterocycles. The van der Waals surface area contributed by atoms with E-state index in [0.29, 0.717) is 6.04 Å². The lowest BCUT2D eigenvalue weighted by Crippen LogP contribution is -2.21. The van der Waals surface area contributed by atoms with E-state index in [1.54, 1.807) is 11.3 Å². The molecule has 19 heavy (non-hydrogen) atoms. The Balaban J connectivity index is 1.82. The first kappa shape index (κ1) is 14.3. The Hall–Kier alpha value is -1.10. The van der Waals surface area contributed by atoms with Gasteiger partial charge in [-0.05, 0) is 35.5 Å². The van der Waals surface area contributed by atoms with E-state index in [1.807, 2.05) is 6.26 Å². The van der Waals surface area contributed by atoms with Gasteiger partial charge in [-0.2, -0.15) is 11.3 Å². The van der Waals surface area contributed by atoms with E-state index in [2.05, 4.69) is 54.0 Å². The van der Waals surface area contributed by atoms with Crippen molar-refractivity contribution in [3.05, 3.63) is 46.0 Å². The van der Waals surface area contributed by atoms with Crippen LogP contribution in [-0.2, 0) is 19.6 Å². The minimum atomic E-state index is 0.500. The molecule has 2 aromatic rings. The van der Waals surface area contributed by atoms with Gasteiger partial charge in [-0.25, -0.2) is 0 Å². The molecule has 0 bridgehead atoms. The number of hydrogen-bond acceptors (Lipinski definition) is 4. The van der Waals surface area contributed by atoms with Crippen molar-refractivity contribution in [2.75, 3.05) is 7.05 Å². The van der Waals surface area contributed by atoms with Crippen molar-refractivity contribution in [3.63, 3.8) is 0 Å². The molecule has 104 valence electrons. The lowest BCUT2D eigenvalue weighted by atomic mass is 10.2. The van der Waals surface area contributed by atoms with E-state index in [9.17, 15) is 0 Å². The molecule has 2 aromatic heterocycles. The Labute approximate surface area is 119 Å². The summed E-state index contributed by atoms with van der Waals surface area (Å²) in [5.41, 5.74) is 2.58. The van der Waals surface area contributed by atoms with Gasteiger partial charge in [0.1, 0.15) is 5.76 Å². The number of furan rings is 1. The van der Waals surface area contributed by atoms with E-state index in [0.717, 1.165) is 25.4 Å². The third-order valence-electron chi connectivity index (χ3n) is 2.88. The average molecular weight is 278 g/mol. The first-order valence-corrected chi connectivity index (χ1v) is 7.57. The summed E-state index contributed by atoms with van der Waals surface area (Å²) < 4.78 is 5.61. The zero-order chi connectivity index (χ0) is 13.7. The highest BCUT2D eigenvalue weighted by Gasteiger charge is 2.07. The number of nitrogens with zero attached hydrogens (tertiary/aromatic N) is 1. The van der Waals surface area contributed by atoms with Gasteiger partial charge in [0.25, 0.3) is 0 Å². The Morgan fingerprint density at radius 1 is 1.32 bits per heavy atom. The van der Waals surface area contributed by atoms with Crippen LogP contribution in [0.4, 0.5) is 0 Å². The summed E-state index contributed by atoms with van der Waals surface area (Å²) in [5.74, 6) is 1.03. The molecule has 0 spiro atoms. The fourth-order valence-corrected chi connectivity index (χ4v) is 2.60. The zero-order valence-corrected chi connectivity index (χ0v) is 12.7. The summed E-state index contributed by atoms with van der Waals surface area (Å²) in [5, 5.41) is 7.70. The number of hydrogen-bond donors (Lipinski definition) is 1. The Morgan fingerprint density at radius 2 is 2.16 bits per heavy atom. The molecule has 0 aliphatic heterocycles. The maximum Gasteiger partial charge on any atom is 0.118 e. The van der Waals surface area contributed by atoms with E-state index in [1.165, 1.54) is 11.1 Å². The van der Waals surface area contributed by atoms with Crippen LogP contribution in [0, 0.1) is 0 Å². The van der Waals surface area contributed by atoms with Gasteiger partial charge in [-0.3, -0.25) is 4.90 Å². The fraction of sp³-hybridized carbons (Fsp3) is 0.467.